The van der Waals surface area contributed by atoms with E-state index in [2.05, 4.69) is 0 Å². The lowest BCUT2D eigenvalue weighted by Gasteiger charge is -2.23. The van der Waals surface area contributed by atoms with Crippen LogP contribution in [-0.4, -0.2) is 51.8 Å². The summed E-state index contributed by atoms with van der Waals surface area (Å²) in [6, 6.07) is 3.38. The van der Waals surface area contributed by atoms with Gasteiger partial charge in [0.25, 0.3) is 5.91 Å². The van der Waals surface area contributed by atoms with Gasteiger partial charge in [-0.1, -0.05) is 6.92 Å². The maximum atomic E-state index is 12.7. The van der Waals surface area contributed by atoms with Gasteiger partial charge in [-0.05, 0) is 18.6 Å². The van der Waals surface area contributed by atoms with Gasteiger partial charge in [0.15, 0.2) is 11.5 Å². The third-order valence-electron chi connectivity index (χ3n) is 3.11. The minimum absolute atomic E-state index is 0.125. The minimum atomic E-state index is -0.125. The zero-order chi connectivity index (χ0) is 15.8. The molecule has 6 nitrogen and oxygen atoms in total. The number of hydrogen-bond acceptors (Lipinski definition) is 5. The molecule has 0 heterocycles. The summed E-state index contributed by atoms with van der Waals surface area (Å²) in [5.74, 6) is 1.18. The molecule has 2 N–H and O–H groups in total. The second-order valence-corrected chi connectivity index (χ2v) is 4.46. The molecular weight excluding hydrogens is 272 g/mol. The molecule has 6 heteroatoms. The molecule has 0 unspecified atom stereocenters. The molecule has 0 aliphatic carbocycles. The Morgan fingerprint density at radius 2 is 1.76 bits per heavy atom. The fourth-order valence-electron chi connectivity index (χ4n) is 2.18. The van der Waals surface area contributed by atoms with Crippen LogP contribution in [0.15, 0.2) is 12.1 Å². The summed E-state index contributed by atoms with van der Waals surface area (Å²) in [5.41, 5.74) is 6.02. The molecule has 0 aliphatic rings. The molecule has 0 saturated carbocycles. The molecule has 0 spiro atoms. The quantitative estimate of drug-likeness (QED) is 0.787. The number of hydrogen-bond donors (Lipinski definition) is 1. The van der Waals surface area contributed by atoms with Crippen molar-refractivity contribution in [2.75, 3.05) is 41.0 Å². The number of ether oxygens (including phenoxy) is 3. The van der Waals surface area contributed by atoms with Crippen LogP contribution >= 0.6 is 0 Å². The predicted molar refractivity (Wildman–Crippen MR) is 81.3 cm³/mol. The van der Waals surface area contributed by atoms with Gasteiger partial charge < -0.3 is 24.8 Å². The maximum absolute atomic E-state index is 12.7. The summed E-state index contributed by atoms with van der Waals surface area (Å²) in [4.78, 5) is 14.4. The van der Waals surface area contributed by atoms with Gasteiger partial charge >= 0.3 is 0 Å². The second-order valence-electron chi connectivity index (χ2n) is 4.46. The first-order valence-electron chi connectivity index (χ1n) is 6.92. The van der Waals surface area contributed by atoms with Gasteiger partial charge in [-0.3, -0.25) is 4.79 Å². The number of rotatable bonds is 8. The monoisotopic (exact) mass is 296 g/mol. The Morgan fingerprint density at radius 3 is 2.24 bits per heavy atom. The number of carbonyl (C=O) groups excluding carboxylic acids is 1. The highest BCUT2D eigenvalue weighted by Gasteiger charge is 2.23. The molecule has 0 aromatic heterocycles. The largest absolute Gasteiger partial charge is 0.493 e. The smallest absolute Gasteiger partial charge is 0.257 e. The molecule has 1 aromatic carbocycles. The fourth-order valence-corrected chi connectivity index (χ4v) is 2.18. The van der Waals surface area contributed by atoms with Crippen LogP contribution in [0.2, 0.25) is 0 Å². The van der Waals surface area contributed by atoms with Crippen LogP contribution in [0.5, 0.6) is 17.2 Å². The molecule has 0 radical (unpaired) electrons. The Morgan fingerprint density at radius 1 is 1.10 bits per heavy atom. The van der Waals surface area contributed by atoms with Crippen LogP contribution in [0.25, 0.3) is 0 Å². The average Bonchev–Trinajstić information content (AvgIpc) is 2.52. The zero-order valence-electron chi connectivity index (χ0n) is 13.1. The molecule has 0 fully saturated rings. The molecule has 1 rings (SSSR count). The van der Waals surface area contributed by atoms with Crippen LogP contribution < -0.4 is 19.9 Å². The molecule has 1 aromatic rings. The van der Waals surface area contributed by atoms with Gasteiger partial charge in [0.2, 0.25) is 5.75 Å². The summed E-state index contributed by atoms with van der Waals surface area (Å²) >= 11 is 0. The van der Waals surface area contributed by atoms with Crippen LogP contribution in [0.1, 0.15) is 23.7 Å². The van der Waals surface area contributed by atoms with E-state index in [0.29, 0.717) is 42.4 Å². The number of amides is 1. The van der Waals surface area contributed by atoms with Crippen LogP contribution in [-0.2, 0) is 0 Å². The third kappa shape index (κ3) is 3.78. The van der Waals surface area contributed by atoms with E-state index in [9.17, 15) is 4.79 Å². The average molecular weight is 296 g/mol. The lowest BCUT2D eigenvalue weighted by atomic mass is 10.1. The highest BCUT2D eigenvalue weighted by molar-refractivity contribution is 5.98. The highest BCUT2D eigenvalue weighted by atomic mass is 16.5. The molecule has 118 valence electrons. The molecule has 0 atom stereocenters. The standard InChI is InChI=1S/C15H24N2O4/c1-5-9-17(10-8-16)15(18)11-6-7-12(19-2)14(21-4)13(11)20-3/h6-7H,5,8-10,16H2,1-4H3. The van der Waals surface area contributed by atoms with Crippen molar-refractivity contribution in [3.8, 4) is 17.2 Å². The van der Waals surface area contributed by atoms with Crippen molar-refractivity contribution in [1.29, 1.82) is 0 Å². The summed E-state index contributed by atoms with van der Waals surface area (Å²) in [5, 5.41) is 0. The van der Waals surface area contributed by atoms with E-state index in [1.165, 1.54) is 21.3 Å². The van der Waals surface area contributed by atoms with E-state index >= 15 is 0 Å². The molecular formula is C15H24N2O4. The van der Waals surface area contributed by atoms with Crippen molar-refractivity contribution in [3.63, 3.8) is 0 Å². The Bertz CT molecular complexity index is 471. The van der Waals surface area contributed by atoms with E-state index in [0.717, 1.165) is 6.42 Å². The number of carbonyl (C=O) groups is 1. The van der Waals surface area contributed by atoms with Gasteiger partial charge in [-0.25, -0.2) is 0 Å². The fraction of sp³-hybridized carbons (Fsp3) is 0.533. The van der Waals surface area contributed by atoms with Crippen molar-refractivity contribution in [2.24, 2.45) is 5.73 Å². The summed E-state index contributed by atoms with van der Waals surface area (Å²) < 4.78 is 15.9. The van der Waals surface area contributed by atoms with E-state index in [1.807, 2.05) is 6.92 Å². The van der Waals surface area contributed by atoms with Crippen LogP contribution in [0.3, 0.4) is 0 Å². The topological polar surface area (TPSA) is 74.0 Å². The minimum Gasteiger partial charge on any atom is -0.493 e. The molecule has 0 bridgehead atoms. The first kappa shape index (κ1) is 17.1. The predicted octanol–water partition coefficient (Wildman–Crippen LogP) is 1.52. The second kappa shape index (κ2) is 8.36. The zero-order valence-corrected chi connectivity index (χ0v) is 13.1. The summed E-state index contributed by atoms with van der Waals surface area (Å²) in [7, 11) is 4.55. The first-order valence-corrected chi connectivity index (χ1v) is 6.92. The first-order chi connectivity index (χ1) is 10.1. The molecule has 1 amide bonds. The number of methoxy groups -OCH3 is 3. The number of benzene rings is 1. The van der Waals surface area contributed by atoms with Crippen LogP contribution in [0, 0.1) is 0 Å². The van der Waals surface area contributed by atoms with Crippen molar-refractivity contribution < 1.29 is 19.0 Å². The van der Waals surface area contributed by atoms with Crippen molar-refractivity contribution in [2.45, 2.75) is 13.3 Å². The molecule has 0 saturated heterocycles. The summed E-state index contributed by atoms with van der Waals surface area (Å²) in [6.07, 6.45) is 0.862. The van der Waals surface area contributed by atoms with E-state index in [-0.39, 0.29) is 5.91 Å². The number of nitrogens with zero attached hydrogens (tertiary/aromatic N) is 1. The molecule has 21 heavy (non-hydrogen) atoms. The van der Waals surface area contributed by atoms with Crippen LogP contribution in [0.4, 0.5) is 0 Å². The highest BCUT2D eigenvalue weighted by Crippen LogP contribution is 2.40. The van der Waals surface area contributed by atoms with Crippen molar-refractivity contribution >= 4 is 5.91 Å². The lowest BCUT2D eigenvalue weighted by Crippen LogP contribution is -2.36. The maximum Gasteiger partial charge on any atom is 0.257 e. The Hall–Kier alpha value is -1.95. The Labute approximate surface area is 125 Å². The SMILES string of the molecule is CCCN(CCN)C(=O)c1ccc(OC)c(OC)c1OC. The number of nitrogens with two attached hydrogens (primary N) is 1. The normalized spacial score (nSPS) is 10.1. The van der Waals surface area contributed by atoms with Crippen molar-refractivity contribution in [3.05, 3.63) is 17.7 Å². The molecule has 0 aliphatic heterocycles. The van der Waals surface area contributed by atoms with Crippen molar-refractivity contribution in [1.82, 2.24) is 4.90 Å². The van der Waals surface area contributed by atoms with E-state index in [1.54, 1.807) is 17.0 Å². The third-order valence-corrected chi connectivity index (χ3v) is 3.11. The Balaban J connectivity index is 3.24. The van der Waals surface area contributed by atoms with E-state index in [4.69, 9.17) is 19.9 Å². The lowest BCUT2D eigenvalue weighted by molar-refractivity contribution is 0.0756. The van der Waals surface area contributed by atoms with Gasteiger partial charge in [-0.15, -0.1) is 0 Å². The van der Waals surface area contributed by atoms with Gasteiger partial charge in [-0.2, -0.15) is 0 Å². The van der Waals surface area contributed by atoms with Gasteiger partial charge in [0, 0.05) is 19.6 Å². The van der Waals surface area contributed by atoms with Gasteiger partial charge in [0.1, 0.15) is 0 Å². The Kier molecular flexibility index (Phi) is 6.81. The summed E-state index contributed by atoms with van der Waals surface area (Å²) in [6.45, 7) is 3.59. The van der Waals surface area contributed by atoms with E-state index < -0.39 is 0 Å². The van der Waals surface area contributed by atoms with Gasteiger partial charge in [0.05, 0.1) is 26.9 Å².